The van der Waals surface area contributed by atoms with Crippen LogP contribution in [0.25, 0.3) is 0 Å². The minimum absolute atomic E-state index is 0.186. The molecule has 1 unspecified atom stereocenters. The Morgan fingerprint density at radius 1 is 1.53 bits per heavy atom. The number of carboxylic acid groups (broad SMARTS) is 1. The van der Waals surface area contributed by atoms with E-state index in [1.165, 1.54) is 6.92 Å². The molecule has 0 saturated carbocycles. The molecule has 0 bridgehead atoms. The zero-order valence-corrected chi connectivity index (χ0v) is 9.80. The molecule has 5 heteroatoms. The highest BCUT2D eigenvalue weighted by atomic mass is 79.9. The summed E-state index contributed by atoms with van der Waals surface area (Å²) in [6, 6.07) is 1.54. The van der Waals surface area contributed by atoms with Crippen molar-refractivity contribution in [3.8, 4) is 0 Å². The van der Waals surface area contributed by atoms with E-state index in [9.17, 15) is 14.3 Å². The number of aliphatic hydroxyl groups is 1. The van der Waals surface area contributed by atoms with Gasteiger partial charge in [-0.05, 0) is 31.0 Å². The molecule has 0 fully saturated rings. The summed E-state index contributed by atoms with van der Waals surface area (Å²) >= 11 is 3.18. The predicted molar refractivity (Wildman–Crippen MR) is 56.2 cm³/mol. The van der Waals surface area contributed by atoms with Gasteiger partial charge in [0, 0.05) is 10.0 Å². The van der Waals surface area contributed by atoms with Crippen LogP contribution in [0.1, 0.15) is 22.8 Å². The van der Waals surface area contributed by atoms with Gasteiger partial charge in [-0.15, -0.1) is 0 Å². The topological polar surface area (TPSA) is 57.5 Å². The summed E-state index contributed by atoms with van der Waals surface area (Å²) in [5.74, 6) is -2.14. The molecule has 0 spiro atoms. The van der Waals surface area contributed by atoms with Crippen molar-refractivity contribution in [1.29, 1.82) is 0 Å². The maximum Gasteiger partial charge on any atom is 0.337 e. The highest BCUT2D eigenvalue weighted by Crippen LogP contribution is 2.29. The number of hydrogen-bond donors (Lipinski definition) is 2. The Morgan fingerprint density at radius 3 is 2.53 bits per heavy atom. The molecule has 0 aliphatic rings. The number of carboxylic acids is 1. The van der Waals surface area contributed by atoms with E-state index in [4.69, 9.17) is 5.11 Å². The van der Waals surface area contributed by atoms with Gasteiger partial charge in [0.05, 0.1) is 0 Å². The summed E-state index contributed by atoms with van der Waals surface area (Å²) in [6.07, 6.45) is -1.83. The van der Waals surface area contributed by atoms with E-state index in [0.29, 0.717) is 15.6 Å². The quantitative estimate of drug-likeness (QED) is 0.872. The minimum Gasteiger partial charge on any atom is -0.479 e. The lowest BCUT2D eigenvalue weighted by Crippen LogP contribution is -2.14. The summed E-state index contributed by atoms with van der Waals surface area (Å²) in [7, 11) is 0. The summed E-state index contributed by atoms with van der Waals surface area (Å²) in [5, 5.41) is 18.0. The average molecular weight is 277 g/mol. The maximum atomic E-state index is 13.6. The van der Waals surface area contributed by atoms with Crippen LogP contribution in [0.15, 0.2) is 10.5 Å². The largest absolute Gasteiger partial charge is 0.479 e. The van der Waals surface area contributed by atoms with Gasteiger partial charge in [-0.2, -0.15) is 0 Å². The van der Waals surface area contributed by atoms with Gasteiger partial charge in [-0.3, -0.25) is 0 Å². The molecule has 0 heterocycles. The number of aliphatic carboxylic acids is 1. The van der Waals surface area contributed by atoms with E-state index in [-0.39, 0.29) is 5.56 Å². The monoisotopic (exact) mass is 276 g/mol. The van der Waals surface area contributed by atoms with E-state index in [2.05, 4.69) is 15.9 Å². The minimum atomic E-state index is -1.83. The van der Waals surface area contributed by atoms with Gasteiger partial charge in [-0.1, -0.05) is 15.9 Å². The molecule has 0 radical (unpaired) electrons. The van der Waals surface area contributed by atoms with Crippen LogP contribution in [0.2, 0.25) is 0 Å². The highest BCUT2D eigenvalue weighted by molar-refractivity contribution is 9.10. The molecule has 1 rings (SSSR count). The lowest BCUT2D eigenvalue weighted by molar-refractivity contribution is -0.147. The molecule has 1 atom stereocenters. The number of aliphatic hydroxyl groups excluding tert-OH is 1. The summed E-state index contributed by atoms with van der Waals surface area (Å²) in [6.45, 7) is 3.06. The first-order valence-electron chi connectivity index (χ1n) is 4.22. The zero-order chi connectivity index (χ0) is 11.7. The van der Waals surface area contributed by atoms with E-state index in [0.717, 1.165) is 0 Å². The van der Waals surface area contributed by atoms with Crippen molar-refractivity contribution in [3.63, 3.8) is 0 Å². The number of benzene rings is 1. The average Bonchev–Trinajstić information content (AvgIpc) is 2.15. The molecule has 2 N–H and O–H groups in total. The Bertz CT molecular complexity index is 391. The van der Waals surface area contributed by atoms with Crippen molar-refractivity contribution in [2.24, 2.45) is 0 Å². The van der Waals surface area contributed by atoms with Gasteiger partial charge in [0.1, 0.15) is 5.82 Å². The summed E-state index contributed by atoms with van der Waals surface area (Å²) in [4.78, 5) is 10.6. The van der Waals surface area contributed by atoms with Crippen LogP contribution in [0.5, 0.6) is 0 Å². The molecule has 3 nitrogen and oxygen atoms in total. The number of rotatable bonds is 2. The fourth-order valence-corrected chi connectivity index (χ4v) is 1.87. The molecule has 0 aliphatic heterocycles. The first-order chi connectivity index (χ1) is 6.86. The van der Waals surface area contributed by atoms with E-state index >= 15 is 0 Å². The third-order valence-electron chi connectivity index (χ3n) is 2.20. The number of aryl methyl sites for hydroxylation is 1. The fraction of sp³-hybridized carbons (Fsp3) is 0.300. The highest BCUT2D eigenvalue weighted by Gasteiger charge is 2.24. The van der Waals surface area contributed by atoms with Crippen LogP contribution >= 0.6 is 15.9 Å². The summed E-state index contributed by atoms with van der Waals surface area (Å²) in [5.41, 5.74) is 0.505. The molecule has 0 saturated heterocycles. The second-order valence-electron chi connectivity index (χ2n) is 3.27. The van der Waals surface area contributed by atoms with E-state index < -0.39 is 17.9 Å². The van der Waals surface area contributed by atoms with E-state index in [1.54, 1.807) is 13.0 Å². The van der Waals surface area contributed by atoms with E-state index in [1.807, 2.05) is 0 Å². The van der Waals surface area contributed by atoms with Gasteiger partial charge in [-0.25, -0.2) is 9.18 Å². The lowest BCUT2D eigenvalue weighted by Gasteiger charge is -2.14. The van der Waals surface area contributed by atoms with Crippen molar-refractivity contribution < 1.29 is 19.4 Å². The zero-order valence-electron chi connectivity index (χ0n) is 8.21. The normalized spacial score (nSPS) is 12.6. The van der Waals surface area contributed by atoms with Crippen molar-refractivity contribution in [2.75, 3.05) is 0 Å². The first kappa shape index (κ1) is 12.1. The third-order valence-corrected chi connectivity index (χ3v) is 3.02. The van der Waals surface area contributed by atoms with Gasteiger partial charge in [0.25, 0.3) is 0 Å². The fourth-order valence-electron chi connectivity index (χ4n) is 1.32. The number of halogens is 2. The van der Waals surface area contributed by atoms with Gasteiger partial charge in [0.15, 0.2) is 6.10 Å². The first-order valence-corrected chi connectivity index (χ1v) is 5.01. The molecule has 15 heavy (non-hydrogen) atoms. The van der Waals surface area contributed by atoms with Gasteiger partial charge < -0.3 is 10.2 Å². The predicted octanol–water partition coefficient (Wildman–Crippen LogP) is 2.32. The van der Waals surface area contributed by atoms with Crippen LogP contribution in [0, 0.1) is 19.7 Å². The van der Waals surface area contributed by atoms with Gasteiger partial charge >= 0.3 is 5.97 Å². The second kappa shape index (κ2) is 4.28. The number of carbonyl (C=O) groups is 1. The smallest absolute Gasteiger partial charge is 0.337 e. The van der Waals surface area contributed by atoms with Crippen molar-refractivity contribution in [3.05, 3.63) is 33.0 Å². The van der Waals surface area contributed by atoms with Crippen molar-refractivity contribution in [1.82, 2.24) is 0 Å². The van der Waals surface area contributed by atoms with Crippen molar-refractivity contribution in [2.45, 2.75) is 20.0 Å². The van der Waals surface area contributed by atoms with Gasteiger partial charge in [0.2, 0.25) is 0 Å². The van der Waals surface area contributed by atoms with Crippen LogP contribution in [0.3, 0.4) is 0 Å². The Labute approximate surface area is 94.7 Å². The maximum absolute atomic E-state index is 13.6. The summed E-state index contributed by atoms with van der Waals surface area (Å²) < 4.78 is 14.2. The second-order valence-corrected chi connectivity index (χ2v) is 4.12. The molecule has 0 aliphatic carbocycles. The standard InChI is InChI=1S/C10H10BrFO3/c1-4-3-6(11)5(2)7(8(4)12)9(13)10(14)15/h3,9,13H,1-2H3,(H,14,15). The molecule has 82 valence electrons. The van der Waals surface area contributed by atoms with Crippen molar-refractivity contribution >= 4 is 21.9 Å². The molecular formula is C10H10BrFO3. The molecule has 1 aromatic rings. The number of hydrogen-bond acceptors (Lipinski definition) is 2. The molecule has 0 aromatic heterocycles. The third kappa shape index (κ3) is 2.18. The van der Waals surface area contributed by atoms with Crippen LogP contribution < -0.4 is 0 Å². The molecule has 1 aromatic carbocycles. The Morgan fingerprint density at radius 2 is 2.07 bits per heavy atom. The molecule has 0 amide bonds. The Hall–Kier alpha value is -0.940. The Balaban J connectivity index is 3.45. The van der Waals surface area contributed by atoms with Crippen LogP contribution in [-0.2, 0) is 4.79 Å². The lowest BCUT2D eigenvalue weighted by atomic mass is 10.00. The SMILES string of the molecule is Cc1cc(Br)c(C)c(C(O)C(=O)O)c1F. The van der Waals surface area contributed by atoms with Crippen LogP contribution in [0.4, 0.5) is 4.39 Å². The van der Waals surface area contributed by atoms with Crippen LogP contribution in [-0.4, -0.2) is 16.2 Å². The molecular weight excluding hydrogens is 267 g/mol. The Kier molecular flexibility index (Phi) is 3.46.